The van der Waals surface area contributed by atoms with Gasteiger partial charge in [-0.05, 0) is 35.4 Å². The first-order valence-corrected chi connectivity index (χ1v) is 9.45. The lowest BCUT2D eigenvalue weighted by molar-refractivity contribution is -0.123. The molecule has 1 atom stereocenters. The summed E-state index contributed by atoms with van der Waals surface area (Å²) in [5.74, 6) is -0.484. The Bertz CT molecular complexity index is 920. The first-order chi connectivity index (χ1) is 14.0. The molecule has 0 saturated carbocycles. The molecule has 0 fully saturated rings. The molecule has 3 aromatic rings. The van der Waals surface area contributed by atoms with Crippen LogP contribution in [0.25, 0.3) is 0 Å². The number of anilines is 1. The highest BCUT2D eigenvalue weighted by Crippen LogP contribution is 2.12. The van der Waals surface area contributed by atoms with Crippen molar-refractivity contribution in [2.75, 3.05) is 19.0 Å². The van der Waals surface area contributed by atoms with Crippen LogP contribution in [0.5, 0.6) is 0 Å². The molecule has 0 radical (unpaired) electrons. The number of furan rings is 1. The van der Waals surface area contributed by atoms with Crippen LogP contribution in [-0.2, 0) is 17.8 Å². The predicted molar refractivity (Wildman–Crippen MR) is 113 cm³/mol. The molecular formula is C23H25N3O3. The van der Waals surface area contributed by atoms with Crippen LogP contribution in [0.2, 0.25) is 0 Å². The molecule has 2 aromatic carbocycles. The van der Waals surface area contributed by atoms with Crippen LogP contribution < -0.4 is 15.5 Å². The number of hydrogen-bond acceptors (Lipinski definition) is 4. The summed E-state index contributed by atoms with van der Waals surface area (Å²) in [7, 11) is 3.96. The van der Waals surface area contributed by atoms with Gasteiger partial charge in [-0.1, -0.05) is 42.5 Å². The molecule has 0 spiro atoms. The van der Waals surface area contributed by atoms with Gasteiger partial charge in [0.05, 0.1) is 6.26 Å². The molecule has 0 aliphatic carbocycles. The molecule has 0 bridgehead atoms. The number of carbonyl (C=O) groups is 2. The van der Waals surface area contributed by atoms with Crippen LogP contribution in [-0.4, -0.2) is 32.0 Å². The van der Waals surface area contributed by atoms with E-state index in [1.54, 1.807) is 12.1 Å². The summed E-state index contributed by atoms with van der Waals surface area (Å²) >= 11 is 0. The first-order valence-electron chi connectivity index (χ1n) is 9.45. The molecule has 0 aliphatic rings. The van der Waals surface area contributed by atoms with E-state index in [9.17, 15) is 9.59 Å². The lowest BCUT2D eigenvalue weighted by Crippen LogP contribution is -2.47. The zero-order valence-corrected chi connectivity index (χ0v) is 16.6. The Balaban J connectivity index is 1.66. The number of rotatable bonds is 8. The monoisotopic (exact) mass is 391 g/mol. The van der Waals surface area contributed by atoms with E-state index in [4.69, 9.17) is 4.42 Å². The number of benzene rings is 2. The minimum absolute atomic E-state index is 0.176. The van der Waals surface area contributed by atoms with Gasteiger partial charge in [0.25, 0.3) is 5.91 Å². The topological polar surface area (TPSA) is 74.6 Å². The van der Waals surface area contributed by atoms with Crippen LogP contribution in [0.3, 0.4) is 0 Å². The summed E-state index contributed by atoms with van der Waals surface area (Å²) in [5.41, 5.74) is 3.04. The van der Waals surface area contributed by atoms with Gasteiger partial charge in [0, 0.05) is 32.7 Å². The molecule has 6 nitrogen and oxygen atoms in total. The summed E-state index contributed by atoms with van der Waals surface area (Å²) in [6, 6.07) is 20.0. The quantitative estimate of drug-likeness (QED) is 0.619. The van der Waals surface area contributed by atoms with Gasteiger partial charge in [0.1, 0.15) is 6.04 Å². The van der Waals surface area contributed by atoms with E-state index in [0.717, 1.165) is 16.8 Å². The molecule has 6 heteroatoms. The minimum Gasteiger partial charge on any atom is -0.459 e. The van der Waals surface area contributed by atoms with Gasteiger partial charge in [0.2, 0.25) is 5.91 Å². The fourth-order valence-electron chi connectivity index (χ4n) is 2.92. The summed E-state index contributed by atoms with van der Waals surface area (Å²) in [6.07, 6.45) is 1.82. The Morgan fingerprint density at radius 3 is 2.28 bits per heavy atom. The van der Waals surface area contributed by atoms with E-state index in [2.05, 4.69) is 10.6 Å². The van der Waals surface area contributed by atoms with Crippen LogP contribution >= 0.6 is 0 Å². The first kappa shape index (κ1) is 20.2. The van der Waals surface area contributed by atoms with Crippen LogP contribution in [0.1, 0.15) is 21.7 Å². The van der Waals surface area contributed by atoms with E-state index in [1.807, 2.05) is 73.6 Å². The van der Waals surface area contributed by atoms with Gasteiger partial charge >= 0.3 is 0 Å². The molecule has 3 rings (SSSR count). The van der Waals surface area contributed by atoms with Gasteiger partial charge in [-0.3, -0.25) is 9.59 Å². The van der Waals surface area contributed by atoms with Crippen molar-refractivity contribution in [2.45, 2.75) is 19.0 Å². The second-order valence-corrected chi connectivity index (χ2v) is 6.97. The Hall–Kier alpha value is -3.54. The van der Waals surface area contributed by atoms with E-state index in [1.165, 1.54) is 6.26 Å². The maximum Gasteiger partial charge on any atom is 0.287 e. The summed E-state index contributed by atoms with van der Waals surface area (Å²) in [6.45, 7) is 0.383. The number of hydrogen-bond donors (Lipinski definition) is 2. The van der Waals surface area contributed by atoms with Gasteiger partial charge in [-0.2, -0.15) is 0 Å². The fraction of sp³-hybridized carbons (Fsp3) is 0.217. The van der Waals surface area contributed by atoms with Crippen molar-refractivity contribution in [2.24, 2.45) is 0 Å². The third-order valence-electron chi connectivity index (χ3n) is 4.57. The summed E-state index contributed by atoms with van der Waals surface area (Å²) in [4.78, 5) is 27.2. The Morgan fingerprint density at radius 1 is 0.931 bits per heavy atom. The van der Waals surface area contributed by atoms with Crippen molar-refractivity contribution in [1.29, 1.82) is 0 Å². The van der Waals surface area contributed by atoms with Crippen molar-refractivity contribution < 1.29 is 14.0 Å². The molecular weight excluding hydrogens is 366 g/mol. The van der Waals surface area contributed by atoms with Crippen molar-refractivity contribution in [1.82, 2.24) is 10.6 Å². The highest BCUT2D eigenvalue weighted by atomic mass is 16.3. The third-order valence-corrected chi connectivity index (χ3v) is 4.57. The average molecular weight is 391 g/mol. The highest BCUT2D eigenvalue weighted by Gasteiger charge is 2.22. The van der Waals surface area contributed by atoms with Crippen molar-refractivity contribution in [3.05, 3.63) is 89.9 Å². The molecule has 29 heavy (non-hydrogen) atoms. The minimum atomic E-state index is -0.712. The number of nitrogens with one attached hydrogen (secondary N) is 2. The van der Waals surface area contributed by atoms with E-state index >= 15 is 0 Å². The lowest BCUT2D eigenvalue weighted by Gasteiger charge is -2.18. The maximum atomic E-state index is 12.8. The van der Waals surface area contributed by atoms with E-state index < -0.39 is 11.9 Å². The van der Waals surface area contributed by atoms with Crippen LogP contribution in [0.4, 0.5) is 5.69 Å². The Kier molecular flexibility index (Phi) is 6.68. The molecule has 1 heterocycles. The number of carbonyl (C=O) groups excluding carboxylic acids is 2. The largest absolute Gasteiger partial charge is 0.459 e. The van der Waals surface area contributed by atoms with Gasteiger partial charge in [-0.25, -0.2) is 0 Å². The third kappa shape index (κ3) is 5.72. The van der Waals surface area contributed by atoms with E-state index in [0.29, 0.717) is 13.0 Å². The van der Waals surface area contributed by atoms with Gasteiger partial charge < -0.3 is 20.0 Å². The summed E-state index contributed by atoms with van der Waals surface area (Å²) in [5, 5.41) is 5.70. The van der Waals surface area contributed by atoms with E-state index in [-0.39, 0.29) is 11.7 Å². The predicted octanol–water partition coefficient (Wildman–Crippen LogP) is 3.00. The van der Waals surface area contributed by atoms with Crippen LogP contribution in [0, 0.1) is 0 Å². The zero-order valence-electron chi connectivity index (χ0n) is 16.6. The normalized spacial score (nSPS) is 11.5. The second kappa shape index (κ2) is 9.59. The zero-order chi connectivity index (χ0) is 20.6. The van der Waals surface area contributed by atoms with Crippen molar-refractivity contribution >= 4 is 17.5 Å². The van der Waals surface area contributed by atoms with Crippen molar-refractivity contribution in [3.63, 3.8) is 0 Å². The molecule has 0 aliphatic heterocycles. The molecule has 1 aromatic heterocycles. The van der Waals surface area contributed by atoms with Crippen molar-refractivity contribution in [3.8, 4) is 0 Å². The standard InChI is InChI=1S/C23H25N3O3/c1-26(2)19-12-10-18(11-13-19)16-24-22(27)20(15-17-7-4-3-5-8-17)25-23(28)21-9-6-14-29-21/h3-14,20H,15-16H2,1-2H3,(H,24,27)(H,25,28)/t20-/m0/s1. The van der Waals surface area contributed by atoms with Gasteiger partial charge in [0.15, 0.2) is 5.76 Å². The molecule has 0 saturated heterocycles. The number of amides is 2. The number of nitrogens with zero attached hydrogens (tertiary/aromatic N) is 1. The SMILES string of the molecule is CN(C)c1ccc(CNC(=O)[C@H](Cc2ccccc2)NC(=O)c2ccco2)cc1. The molecule has 150 valence electrons. The maximum absolute atomic E-state index is 12.8. The molecule has 2 amide bonds. The summed E-state index contributed by atoms with van der Waals surface area (Å²) < 4.78 is 5.14. The molecule has 0 unspecified atom stereocenters. The molecule has 2 N–H and O–H groups in total. The Labute approximate surface area is 170 Å². The van der Waals surface area contributed by atoms with Crippen LogP contribution in [0.15, 0.2) is 77.4 Å². The highest BCUT2D eigenvalue weighted by molar-refractivity contribution is 5.95. The lowest BCUT2D eigenvalue weighted by atomic mass is 10.0. The average Bonchev–Trinajstić information content (AvgIpc) is 3.27. The second-order valence-electron chi connectivity index (χ2n) is 6.97. The Morgan fingerprint density at radius 2 is 1.66 bits per heavy atom. The smallest absolute Gasteiger partial charge is 0.287 e. The fourth-order valence-corrected chi connectivity index (χ4v) is 2.92. The van der Waals surface area contributed by atoms with Gasteiger partial charge in [-0.15, -0.1) is 0 Å².